The summed E-state index contributed by atoms with van der Waals surface area (Å²) >= 11 is 0. The van der Waals surface area contributed by atoms with Gasteiger partial charge in [0.2, 0.25) is 0 Å². The van der Waals surface area contributed by atoms with E-state index >= 15 is 0 Å². The second kappa shape index (κ2) is 41.5. The minimum atomic E-state index is 0. The van der Waals surface area contributed by atoms with Gasteiger partial charge in [-0.25, -0.2) is 0 Å². The maximum absolute atomic E-state index is 3.69. The van der Waals surface area contributed by atoms with E-state index in [0.29, 0.717) is 11.8 Å². The number of halogens is 8. The summed E-state index contributed by atoms with van der Waals surface area (Å²) in [5.74, 6) is 1.24. The monoisotopic (exact) mass is 686 g/mol. The Labute approximate surface area is 269 Å². The van der Waals surface area contributed by atoms with Crippen LogP contribution in [0.5, 0.6) is 0 Å². The fourth-order valence-corrected chi connectivity index (χ4v) is 3.84. The Kier molecular flexibility index (Phi) is 62.4. The molecule has 0 atom stereocenters. The van der Waals surface area contributed by atoms with Crippen LogP contribution in [0.1, 0.15) is 12.8 Å². The van der Waals surface area contributed by atoms with E-state index < -0.39 is 0 Å². The summed E-state index contributed by atoms with van der Waals surface area (Å²) < 4.78 is 0. The summed E-state index contributed by atoms with van der Waals surface area (Å²) in [5, 5.41) is 28.9. The number of hydrogen-bond acceptors (Lipinski definition) is 8. The minimum Gasteiger partial charge on any atom is -0.315 e. The van der Waals surface area contributed by atoms with Crippen molar-refractivity contribution in [2.24, 2.45) is 11.8 Å². The second-order valence-electron chi connectivity index (χ2n) is 8.04. The topological polar surface area (TPSA) is 96.2 Å². The van der Waals surface area contributed by atoms with Crippen molar-refractivity contribution in [2.45, 2.75) is 12.8 Å². The third-order valence-electron chi connectivity index (χ3n) is 5.62. The molecule has 2 fully saturated rings. The average molecular weight is 690 g/mol. The molecule has 2 aliphatic rings. The third kappa shape index (κ3) is 30.5. The first-order valence-corrected chi connectivity index (χ1v) is 11.6. The summed E-state index contributed by atoms with van der Waals surface area (Å²) in [5.41, 5.74) is 0. The van der Waals surface area contributed by atoms with Crippen LogP contribution < -0.4 is 42.5 Å². The molecule has 8 N–H and O–H groups in total. The molecule has 8 nitrogen and oxygen atoms in total. The molecule has 0 bridgehead atoms. The van der Waals surface area contributed by atoms with Gasteiger partial charge in [0.1, 0.15) is 0 Å². The predicted molar refractivity (Wildman–Crippen MR) is 177 cm³/mol. The van der Waals surface area contributed by atoms with Crippen molar-refractivity contribution in [3.05, 3.63) is 0 Å². The molecule has 0 radical (unpaired) electrons. The van der Waals surface area contributed by atoms with Crippen molar-refractivity contribution in [1.29, 1.82) is 0 Å². The van der Waals surface area contributed by atoms with E-state index in [1.807, 2.05) is 0 Å². The van der Waals surface area contributed by atoms with Crippen molar-refractivity contribution < 1.29 is 0 Å². The predicted octanol–water partition coefficient (Wildman–Crippen LogP) is 1.12. The molecule has 2 heterocycles. The molecule has 2 aliphatic heterocycles. The van der Waals surface area contributed by atoms with Crippen LogP contribution in [0.4, 0.5) is 0 Å². The first-order chi connectivity index (χ1) is 14.0. The molecule has 2 rings (SSSR count). The SMILES string of the molecule is C1CNCCNCC(C2CNCCNCCCNCCNC2)CNCCNC1.Cl.Cl.Cl.Cl.Cl.Cl.Cl.Cl. The summed E-state index contributed by atoms with van der Waals surface area (Å²) in [7, 11) is 0. The van der Waals surface area contributed by atoms with Gasteiger partial charge >= 0.3 is 0 Å². The van der Waals surface area contributed by atoms with E-state index in [1.165, 1.54) is 12.8 Å². The van der Waals surface area contributed by atoms with Gasteiger partial charge < -0.3 is 42.5 Å². The van der Waals surface area contributed by atoms with E-state index in [9.17, 15) is 0 Å². The maximum Gasteiger partial charge on any atom is 0.00768 e. The Balaban J connectivity index is -0.000000210. The molecule has 0 aromatic rings. The van der Waals surface area contributed by atoms with Crippen LogP contribution in [0, 0.1) is 11.8 Å². The zero-order chi connectivity index (χ0) is 19.5. The first kappa shape index (κ1) is 54.1. The van der Waals surface area contributed by atoms with Crippen molar-refractivity contribution in [1.82, 2.24) is 42.5 Å². The first-order valence-electron chi connectivity index (χ1n) is 11.6. The maximum atomic E-state index is 3.69. The lowest BCUT2D eigenvalue weighted by Crippen LogP contribution is -2.47. The zero-order valence-corrected chi connectivity index (χ0v) is 27.7. The largest absolute Gasteiger partial charge is 0.315 e. The van der Waals surface area contributed by atoms with Gasteiger partial charge in [-0.15, -0.1) is 99.3 Å². The van der Waals surface area contributed by atoms with Gasteiger partial charge in [0.25, 0.3) is 0 Å². The van der Waals surface area contributed by atoms with E-state index in [-0.39, 0.29) is 99.3 Å². The van der Waals surface area contributed by atoms with Gasteiger partial charge in [-0.05, 0) is 77.0 Å². The Morgan fingerprint density at radius 3 is 0.667 bits per heavy atom. The molecule has 0 saturated carbocycles. The summed E-state index contributed by atoms with van der Waals surface area (Å²) in [6.07, 6.45) is 2.40. The van der Waals surface area contributed by atoms with Gasteiger partial charge in [0.15, 0.2) is 0 Å². The molecule has 0 spiro atoms. The normalized spacial score (nSPS) is 20.3. The van der Waals surface area contributed by atoms with E-state index in [0.717, 1.165) is 105 Å². The van der Waals surface area contributed by atoms with Gasteiger partial charge in [-0.1, -0.05) is 0 Å². The fourth-order valence-electron chi connectivity index (χ4n) is 3.84. The molecule has 230 valence electrons. The number of nitrogens with one attached hydrogen (secondary N) is 8. The van der Waals surface area contributed by atoms with Crippen molar-refractivity contribution in [3.63, 3.8) is 0 Å². The summed E-state index contributed by atoms with van der Waals surface area (Å²) in [6.45, 7) is 17.1. The Hall–Kier alpha value is 2.00. The quantitative estimate of drug-likeness (QED) is 0.208. The molecule has 36 heavy (non-hydrogen) atoms. The third-order valence-corrected chi connectivity index (χ3v) is 5.62. The molecule has 0 unspecified atom stereocenters. The van der Waals surface area contributed by atoms with Gasteiger partial charge in [-0.2, -0.15) is 0 Å². The molecule has 0 aliphatic carbocycles. The minimum absolute atomic E-state index is 0. The summed E-state index contributed by atoms with van der Waals surface area (Å²) in [4.78, 5) is 0. The molecule has 2 saturated heterocycles. The highest BCUT2D eigenvalue weighted by atomic mass is 35.5. The van der Waals surface area contributed by atoms with E-state index in [1.54, 1.807) is 0 Å². The molecule has 0 amide bonds. The van der Waals surface area contributed by atoms with Gasteiger partial charge in [0.05, 0.1) is 0 Å². The van der Waals surface area contributed by atoms with Crippen LogP contribution >= 0.6 is 99.3 Å². The van der Waals surface area contributed by atoms with Crippen LogP contribution in [0.3, 0.4) is 0 Å². The highest BCUT2D eigenvalue weighted by Crippen LogP contribution is 2.10. The van der Waals surface area contributed by atoms with Crippen LogP contribution in [-0.2, 0) is 0 Å². The smallest absolute Gasteiger partial charge is 0.00768 e. The highest BCUT2D eigenvalue weighted by molar-refractivity contribution is 5.86. The molecule has 0 aromatic carbocycles. The lowest BCUT2D eigenvalue weighted by atomic mass is 9.91. The fraction of sp³-hybridized carbons (Fsp3) is 1.00. The van der Waals surface area contributed by atoms with Gasteiger partial charge in [0, 0.05) is 52.4 Å². The van der Waals surface area contributed by atoms with E-state index in [2.05, 4.69) is 42.5 Å². The number of hydrogen-bond donors (Lipinski definition) is 8. The Morgan fingerprint density at radius 1 is 0.250 bits per heavy atom. The van der Waals surface area contributed by atoms with Crippen LogP contribution in [0.25, 0.3) is 0 Å². The Morgan fingerprint density at radius 2 is 0.444 bits per heavy atom. The van der Waals surface area contributed by atoms with Gasteiger partial charge in [-0.3, -0.25) is 0 Å². The highest BCUT2D eigenvalue weighted by Gasteiger charge is 2.21. The van der Waals surface area contributed by atoms with Crippen molar-refractivity contribution in [3.8, 4) is 0 Å². The zero-order valence-electron chi connectivity index (χ0n) is 21.1. The lowest BCUT2D eigenvalue weighted by molar-refractivity contribution is 0.282. The standard InChI is InChI=1S/C20H46N8.8ClH/c1-3-21-7-11-25-15-19(16-26-12-8-22-4-1)20-17-27-13-9-23-5-2-6-24-10-14-28-18-20;;;;;;;;/h19-28H,1-18H2;8*1H. The second-order valence-corrected chi connectivity index (χ2v) is 8.04. The Bertz CT molecular complexity index is 312. The van der Waals surface area contributed by atoms with E-state index in [4.69, 9.17) is 0 Å². The van der Waals surface area contributed by atoms with Crippen LogP contribution in [0.2, 0.25) is 0 Å². The molecular weight excluding hydrogens is 636 g/mol. The van der Waals surface area contributed by atoms with Crippen LogP contribution in [-0.4, -0.2) is 105 Å². The summed E-state index contributed by atoms with van der Waals surface area (Å²) in [6, 6.07) is 0. The van der Waals surface area contributed by atoms with Crippen molar-refractivity contribution in [2.75, 3.05) is 105 Å². The molecular formula is C20H54Cl8N8. The van der Waals surface area contributed by atoms with Crippen LogP contribution in [0.15, 0.2) is 0 Å². The molecule has 0 aromatic heterocycles. The van der Waals surface area contributed by atoms with Crippen molar-refractivity contribution >= 4 is 99.3 Å². The lowest BCUT2D eigenvalue weighted by Gasteiger charge is -2.29. The molecule has 16 heteroatoms. The number of rotatable bonds is 1. The average Bonchev–Trinajstić information content (AvgIpc) is 2.71.